The van der Waals surface area contributed by atoms with Crippen LogP contribution in [-0.4, -0.2) is 26.3 Å². The molecule has 0 aliphatic rings. The van der Waals surface area contributed by atoms with Crippen LogP contribution < -0.4 is 0 Å². The van der Waals surface area contributed by atoms with E-state index in [0.29, 0.717) is 6.42 Å². The van der Waals surface area contributed by atoms with E-state index >= 15 is 0 Å². The van der Waals surface area contributed by atoms with E-state index in [1.54, 1.807) is 7.11 Å². The van der Waals surface area contributed by atoms with E-state index in [9.17, 15) is 4.79 Å². The number of hydrogen-bond donors (Lipinski definition) is 0. The summed E-state index contributed by atoms with van der Waals surface area (Å²) in [6.45, 7) is 3.64. The fourth-order valence-corrected chi connectivity index (χ4v) is 1.09. The van der Waals surface area contributed by atoms with Crippen molar-refractivity contribution in [1.82, 2.24) is 0 Å². The minimum atomic E-state index is -0.159. The Labute approximate surface area is 79.7 Å². The molecular weight excluding hydrogens is 168 g/mol. The van der Waals surface area contributed by atoms with Crippen LogP contribution in [-0.2, 0) is 14.3 Å². The average molecular weight is 186 g/mol. The van der Waals surface area contributed by atoms with Crippen LogP contribution in [0.5, 0.6) is 0 Å². The van der Waals surface area contributed by atoms with Gasteiger partial charge in [0.25, 0.3) is 0 Å². The van der Waals surface area contributed by atoms with E-state index < -0.39 is 0 Å². The fraction of sp³-hybridized carbons (Fsp3) is 0.700. The molecule has 0 bridgehead atoms. The average Bonchev–Trinajstić information content (AvgIpc) is 2.16. The van der Waals surface area contributed by atoms with Crippen LogP contribution in [0.15, 0.2) is 12.7 Å². The highest BCUT2D eigenvalue weighted by atomic mass is 16.5. The number of hydrogen-bond acceptors (Lipinski definition) is 3. The first kappa shape index (κ1) is 12.2. The smallest absolute Gasteiger partial charge is 0.305 e. The van der Waals surface area contributed by atoms with Gasteiger partial charge in [0, 0.05) is 13.5 Å². The molecule has 0 radical (unpaired) electrons. The summed E-state index contributed by atoms with van der Waals surface area (Å²) in [5, 5.41) is 0. The minimum absolute atomic E-state index is 0.159. The van der Waals surface area contributed by atoms with Crippen LogP contribution in [0.3, 0.4) is 0 Å². The molecule has 1 unspecified atom stereocenters. The van der Waals surface area contributed by atoms with Gasteiger partial charge in [0.1, 0.15) is 0 Å². The molecule has 0 aliphatic carbocycles. The maximum atomic E-state index is 10.8. The Bertz CT molecular complexity index is 154. The molecule has 1 atom stereocenters. The SMILES string of the molecule is C=CCC(CCCC(=O)OC)OC. The van der Waals surface area contributed by atoms with Crippen molar-refractivity contribution < 1.29 is 14.3 Å². The lowest BCUT2D eigenvalue weighted by Crippen LogP contribution is -2.10. The lowest BCUT2D eigenvalue weighted by atomic mass is 10.1. The third-order valence-electron chi connectivity index (χ3n) is 1.90. The van der Waals surface area contributed by atoms with Crippen molar-refractivity contribution in [2.45, 2.75) is 31.8 Å². The predicted molar refractivity (Wildman–Crippen MR) is 51.5 cm³/mol. The van der Waals surface area contributed by atoms with Crippen LogP contribution in [0.1, 0.15) is 25.7 Å². The predicted octanol–water partition coefficient (Wildman–Crippen LogP) is 1.92. The normalized spacial score (nSPS) is 12.2. The molecule has 0 aromatic rings. The standard InChI is InChI=1S/C10H18O3/c1-4-6-9(12-2)7-5-8-10(11)13-3/h4,9H,1,5-8H2,2-3H3. The zero-order valence-corrected chi connectivity index (χ0v) is 8.41. The van der Waals surface area contributed by atoms with Gasteiger partial charge in [-0.15, -0.1) is 6.58 Å². The van der Waals surface area contributed by atoms with Gasteiger partial charge in [-0.1, -0.05) is 6.08 Å². The molecule has 3 nitrogen and oxygen atoms in total. The van der Waals surface area contributed by atoms with Crippen LogP contribution in [0, 0.1) is 0 Å². The molecule has 3 heteroatoms. The number of ether oxygens (including phenoxy) is 2. The Morgan fingerprint density at radius 1 is 1.54 bits per heavy atom. The van der Waals surface area contributed by atoms with Gasteiger partial charge in [-0.25, -0.2) is 0 Å². The molecule has 0 aromatic heterocycles. The molecule has 0 spiro atoms. The third kappa shape index (κ3) is 6.34. The summed E-state index contributed by atoms with van der Waals surface area (Å²) in [6.07, 6.45) is 4.98. The minimum Gasteiger partial charge on any atom is -0.469 e. The van der Waals surface area contributed by atoms with Gasteiger partial charge in [0.2, 0.25) is 0 Å². The van der Waals surface area contributed by atoms with Crippen LogP contribution in [0.4, 0.5) is 0 Å². The van der Waals surface area contributed by atoms with Crippen molar-refractivity contribution in [2.24, 2.45) is 0 Å². The summed E-state index contributed by atoms with van der Waals surface area (Å²) < 4.78 is 9.71. The molecule has 0 rings (SSSR count). The van der Waals surface area contributed by atoms with Crippen molar-refractivity contribution in [3.05, 3.63) is 12.7 Å². The molecule has 0 aromatic carbocycles. The van der Waals surface area contributed by atoms with Crippen molar-refractivity contribution in [3.63, 3.8) is 0 Å². The second-order valence-corrected chi connectivity index (χ2v) is 2.85. The Kier molecular flexibility index (Phi) is 7.30. The van der Waals surface area contributed by atoms with Crippen LogP contribution in [0.2, 0.25) is 0 Å². The first-order valence-corrected chi connectivity index (χ1v) is 4.45. The van der Waals surface area contributed by atoms with E-state index in [-0.39, 0.29) is 12.1 Å². The topological polar surface area (TPSA) is 35.5 Å². The third-order valence-corrected chi connectivity index (χ3v) is 1.90. The van der Waals surface area contributed by atoms with Crippen LogP contribution >= 0.6 is 0 Å². The number of methoxy groups -OCH3 is 2. The van der Waals surface area contributed by atoms with Gasteiger partial charge in [-0.2, -0.15) is 0 Å². The van der Waals surface area contributed by atoms with E-state index in [2.05, 4.69) is 11.3 Å². The number of carbonyl (C=O) groups is 1. The highest BCUT2D eigenvalue weighted by Gasteiger charge is 2.06. The molecule has 0 N–H and O–H groups in total. The molecule has 0 fully saturated rings. The quantitative estimate of drug-likeness (QED) is 0.450. The molecule has 0 heterocycles. The second kappa shape index (κ2) is 7.80. The molecule has 0 saturated heterocycles. The monoisotopic (exact) mass is 186 g/mol. The summed E-state index contributed by atoms with van der Waals surface area (Å²) in [5.74, 6) is -0.159. The van der Waals surface area contributed by atoms with Gasteiger partial charge in [-0.3, -0.25) is 4.79 Å². The first-order valence-electron chi connectivity index (χ1n) is 4.45. The van der Waals surface area contributed by atoms with Gasteiger partial charge in [0.05, 0.1) is 13.2 Å². The first-order chi connectivity index (χ1) is 6.24. The van der Waals surface area contributed by atoms with Crippen molar-refractivity contribution in [2.75, 3.05) is 14.2 Å². The Balaban J connectivity index is 3.48. The van der Waals surface area contributed by atoms with E-state index in [1.165, 1.54) is 7.11 Å². The molecule has 0 amide bonds. The molecular formula is C10H18O3. The highest BCUT2D eigenvalue weighted by molar-refractivity contribution is 5.68. The van der Waals surface area contributed by atoms with Gasteiger partial charge in [-0.05, 0) is 19.3 Å². The van der Waals surface area contributed by atoms with E-state index in [1.807, 2.05) is 6.08 Å². The number of esters is 1. The second-order valence-electron chi connectivity index (χ2n) is 2.85. The molecule has 13 heavy (non-hydrogen) atoms. The molecule has 0 aliphatic heterocycles. The summed E-state index contributed by atoms with van der Waals surface area (Å²) in [7, 11) is 3.08. The van der Waals surface area contributed by atoms with E-state index in [0.717, 1.165) is 19.3 Å². The van der Waals surface area contributed by atoms with Crippen molar-refractivity contribution >= 4 is 5.97 Å². The Morgan fingerprint density at radius 2 is 2.23 bits per heavy atom. The highest BCUT2D eigenvalue weighted by Crippen LogP contribution is 2.08. The maximum Gasteiger partial charge on any atom is 0.305 e. The summed E-state index contributed by atoms with van der Waals surface area (Å²) in [6, 6.07) is 0. The van der Waals surface area contributed by atoms with Crippen molar-refractivity contribution in [1.29, 1.82) is 0 Å². The van der Waals surface area contributed by atoms with Gasteiger partial charge >= 0.3 is 5.97 Å². The summed E-state index contributed by atoms with van der Waals surface area (Å²) in [4.78, 5) is 10.8. The largest absolute Gasteiger partial charge is 0.469 e. The summed E-state index contributed by atoms with van der Waals surface area (Å²) >= 11 is 0. The van der Waals surface area contributed by atoms with E-state index in [4.69, 9.17) is 4.74 Å². The number of carbonyl (C=O) groups excluding carboxylic acids is 1. The maximum absolute atomic E-state index is 10.8. The van der Waals surface area contributed by atoms with Crippen molar-refractivity contribution in [3.8, 4) is 0 Å². The van der Waals surface area contributed by atoms with Gasteiger partial charge in [0.15, 0.2) is 0 Å². The molecule has 76 valence electrons. The van der Waals surface area contributed by atoms with Gasteiger partial charge < -0.3 is 9.47 Å². The number of rotatable bonds is 7. The molecule has 0 saturated carbocycles. The summed E-state index contributed by atoms with van der Waals surface area (Å²) in [5.41, 5.74) is 0. The Hall–Kier alpha value is -0.830. The lowest BCUT2D eigenvalue weighted by molar-refractivity contribution is -0.140. The fourth-order valence-electron chi connectivity index (χ4n) is 1.09. The zero-order chi connectivity index (χ0) is 10.1. The zero-order valence-electron chi connectivity index (χ0n) is 8.41. The lowest BCUT2D eigenvalue weighted by Gasteiger charge is -2.11. The van der Waals surface area contributed by atoms with Crippen LogP contribution in [0.25, 0.3) is 0 Å². The Morgan fingerprint density at radius 3 is 2.69 bits per heavy atom.